The fourth-order valence-corrected chi connectivity index (χ4v) is 5.66. The molecule has 10 nitrogen and oxygen atoms in total. The van der Waals surface area contributed by atoms with E-state index in [2.05, 4.69) is 5.32 Å². The maximum atomic E-state index is 14.0. The normalized spacial score (nSPS) is 11.9. The number of carbonyl (C=O) groups excluding carboxylic acids is 2. The minimum Gasteiger partial charge on any atom is -0.497 e. The summed E-state index contributed by atoms with van der Waals surface area (Å²) in [6, 6.07) is 18.9. The number of ether oxygens (including phenoxy) is 3. The van der Waals surface area contributed by atoms with Crippen LogP contribution in [0.15, 0.2) is 77.7 Å². The predicted octanol–water partition coefficient (Wildman–Crippen LogP) is 4.10. The van der Waals surface area contributed by atoms with E-state index in [0.717, 1.165) is 9.87 Å². The molecule has 0 fully saturated rings. The van der Waals surface area contributed by atoms with Gasteiger partial charge in [0, 0.05) is 19.2 Å². The van der Waals surface area contributed by atoms with Crippen LogP contribution < -0.4 is 23.8 Å². The van der Waals surface area contributed by atoms with Crippen molar-refractivity contribution >= 4 is 27.5 Å². The topological polar surface area (TPSA) is 114 Å². The number of hydrogen-bond acceptors (Lipinski definition) is 7. The quantitative estimate of drug-likeness (QED) is 0.298. The number of amides is 2. The Labute approximate surface area is 248 Å². The van der Waals surface area contributed by atoms with Crippen molar-refractivity contribution in [3.8, 4) is 17.2 Å². The molecule has 0 heterocycles. The Morgan fingerprint density at radius 2 is 1.52 bits per heavy atom. The number of rotatable bonds is 14. The summed E-state index contributed by atoms with van der Waals surface area (Å²) >= 11 is 0. The zero-order valence-electron chi connectivity index (χ0n) is 24.9. The molecule has 3 rings (SSSR count). The van der Waals surface area contributed by atoms with Crippen LogP contribution >= 0.6 is 0 Å². The molecule has 42 heavy (non-hydrogen) atoms. The first-order valence-electron chi connectivity index (χ1n) is 13.5. The Bertz CT molecular complexity index is 1460. The SMILES string of the molecule is COc1cccc(CN(C(=O)CN(c2ccccc2)S(=O)(=O)c2ccc(OC)c(OC)c2)[C@@H](C)C(=O)NCC(C)C)c1. The maximum absolute atomic E-state index is 14.0. The van der Waals surface area contributed by atoms with Crippen LogP contribution in [0, 0.1) is 5.92 Å². The molecule has 2 amide bonds. The molecule has 3 aromatic carbocycles. The van der Waals surface area contributed by atoms with Crippen molar-refractivity contribution in [1.29, 1.82) is 0 Å². The molecule has 0 spiro atoms. The van der Waals surface area contributed by atoms with E-state index < -0.39 is 28.5 Å². The number of nitrogens with one attached hydrogen (secondary N) is 1. The summed E-state index contributed by atoms with van der Waals surface area (Å²) in [7, 11) is 0.147. The van der Waals surface area contributed by atoms with Gasteiger partial charge in [-0.05, 0) is 54.8 Å². The molecule has 0 saturated carbocycles. The second-order valence-corrected chi connectivity index (χ2v) is 11.9. The highest BCUT2D eigenvalue weighted by Gasteiger charge is 2.33. The minimum absolute atomic E-state index is 0.0608. The summed E-state index contributed by atoms with van der Waals surface area (Å²) in [4.78, 5) is 28.5. The Morgan fingerprint density at radius 3 is 2.14 bits per heavy atom. The highest BCUT2D eigenvalue weighted by molar-refractivity contribution is 7.92. The van der Waals surface area contributed by atoms with Gasteiger partial charge in [0.1, 0.15) is 18.3 Å². The van der Waals surface area contributed by atoms with E-state index in [1.54, 1.807) is 62.6 Å². The Balaban J connectivity index is 2.03. The van der Waals surface area contributed by atoms with Crippen LogP contribution in [0.1, 0.15) is 26.3 Å². The molecule has 0 aromatic heterocycles. The second kappa shape index (κ2) is 14.6. The first-order chi connectivity index (χ1) is 20.0. The molecular formula is C31H39N3O7S. The van der Waals surface area contributed by atoms with Crippen LogP contribution in [0.2, 0.25) is 0 Å². The van der Waals surface area contributed by atoms with Gasteiger partial charge in [-0.3, -0.25) is 13.9 Å². The van der Waals surface area contributed by atoms with Gasteiger partial charge >= 0.3 is 0 Å². The highest BCUT2D eigenvalue weighted by Crippen LogP contribution is 2.32. The van der Waals surface area contributed by atoms with E-state index in [4.69, 9.17) is 14.2 Å². The number of sulfonamides is 1. The molecule has 0 saturated heterocycles. The third-order valence-corrected chi connectivity index (χ3v) is 8.37. The van der Waals surface area contributed by atoms with Crippen LogP contribution in [0.25, 0.3) is 0 Å². The molecule has 0 aliphatic rings. The van der Waals surface area contributed by atoms with Crippen LogP contribution in [0.4, 0.5) is 5.69 Å². The van der Waals surface area contributed by atoms with Crippen molar-refractivity contribution in [2.45, 2.75) is 38.3 Å². The second-order valence-electron chi connectivity index (χ2n) is 10.1. The van der Waals surface area contributed by atoms with Gasteiger partial charge in [0.05, 0.1) is 31.9 Å². The van der Waals surface area contributed by atoms with Crippen molar-refractivity contribution in [2.75, 3.05) is 38.7 Å². The smallest absolute Gasteiger partial charge is 0.264 e. The molecule has 0 aliphatic heterocycles. The van der Waals surface area contributed by atoms with Crippen LogP contribution in [0.3, 0.4) is 0 Å². The molecule has 0 bridgehead atoms. The third kappa shape index (κ3) is 7.94. The number of anilines is 1. The predicted molar refractivity (Wildman–Crippen MR) is 161 cm³/mol. The monoisotopic (exact) mass is 597 g/mol. The first kappa shape index (κ1) is 32.3. The lowest BCUT2D eigenvalue weighted by Gasteiger charge is -2.32. The summed E-state index contributed by atoms with van der Waals surface area (Å²) in [6.07, 6.45) is 0. The lowest BCUT2D eigenvalue weighted by Crippen LogP contribution is -2.51. The van der Waals surface area contributed by atoms with E-state index >= 15 is 0 Å². The van der Waals surface area contributed by atoms with Crippen LogP contribution in [0.5, 0.6) is 17.2 Å². The number of hydrogen-bond donors (Lipinski definition) is 1. The van der Waals surface area contributed by atoms with Gasteiger partial charge in [-0.2, -0.15) is 0 Å². The average Bonchev–Trinajstić information content (AvgIpc) is 3.00. The van der Waals surface area contributed by atoms with E-state index in [-0.39, 0.29) is 29.0 Å². The molecule has 0 radical (unpaired) electrons. The van der Waals surface area contributed by atoms with Crippen molar-refractivity contribution in [2.24, 2.45) is 5.92 Å². The summed E-state index contributed by atoms with van der Waals surface area (Å²) in [5.74, 6) is 0.506. The van der Waals surface area contributed by atoms with Gasteiger partial charge in [0.2, 0.25) is 11.8 Å². The van der Waals surface area contributed by atoms with Crippen LogP contribution in [-0.2, 0) is 26.2 Å². The van der Waals surface area contributed by atoms with Gasteiger partial charge < -0.3 is 24.4 Å². The van der Waals surface area contributed by atoms with Crippen molar-refractivity contribution in [3.05, 3.63) is 78.4 Å². The highest BCUT2D eigenvalue weighted by atomic mass is 32.2. The summed E-state index contributed by atoms with van der Waals surface area (Å²) < 4.78 is 45.0. The average molecular weight is 598 g/mol. The molecule has 226 valence electrons. The zero-order chi connectivity index (χ0) is 30.9. The van der Waals surface area contributed by atoms with Crippen molar-refractivity contribution < 1.29 is 32.2 Å². The molecule has 0 aliphatic carbocycles. The fraction of sp³-hybridized carbons (Fsp3) is 0.355. The lowest BCUT2D eigenvalue weighted by atomic mass is 10.1. The summed E-state index contributed by atoms with van der Waals surface area (Å²) in [6.45, 7) is 5.52. The Kier molecular flexibility index (Phi) is 11.2. The van der Waals surface area contributed by atoms with Crippen molar-refractivity contribution in [3.63, 3.8) is 0 Å². The summed E-state index contributed by atoms with van der Waals surface area (Å²) in [5.41, 5.74) is 1.01. The lowest BCUT2D eigenvalue weighted by molar-refractivity contribution is -0.139. The molecule has 0 unspecified atom stereocenters. The maximum Gasteiger partial charge on any atom is 0.264 e. The molecular weight excluding hydrogens is 558 g/mol. The molecule has 1 N–H and O–H groups in total. The fourth-order valence-electron chi connectivity index (χ4n) is 4.23. The van der Waals surface area contributed by atoms with Gasteiger partial charge in [0.15, 0.2) is 11.5 Å². The van der Waals surface area contributed by atoms with E-state index in [9.17, 15) is 18.0 Å². The molecule has 1 atom stereocenters. The van der Waals surface area contributed by atoms with Crippen molar-refractivity contribution in [1.82, 2.24) is 10.2 Å². The standard InChI is InChI=1S/C31H39N3O7S/c1-22(2)19-32-31(36)23(3)33(20-24-11-10-14-26(17-24)39-4)30(35)21-34(25-12-8-7-9-13-25)42(37,38)27-15-16-28(40-5)29(18-27)41-6/h7-18,22-23H,19-21H2,1-6H3,(H,32,36)/t23-/m0/s1. The minimum atomic E-state index is -4.26. The Morgan fingerprint density at radius 1 is 0.833 bits per heavy atom. The third-order valence-electron chi connectivity index (χ3n) is 6.60. The van der Waals surface area contributed by atoms with E-state index in [1.807, 2.05) is 19.9 Å². The number of nitrogens with zero attached hydrogens (tertiary/aromatic N) is 2. The van der Waals surface area contributed by atoms with Gasteiger partial charge in [0.25, 0.3) is 10.0 Å². The van der Waals surface area contributed by atoms with Gasteiger partial charge in [-0.15, -0.1) is 0 Å². The number of para-hydroxylation sites is 1. The number of carbonyl (C=O) groups is 2. The molecule has 11 heteroatoms. The zero-order valence-corrected chi connectivity index (χ0v) is 25.7. The van der Waals surface area contributed by atoms with Gasteiger partial charge in [-0.1, -0.05) is 44.2 Å². The largest absolute Gasteiger partial charge is 0.497 e. The van der Waals surface area contributed by atoms with E-state index in [0.29, 0.717) is 23.7 Å². The van der Waals surface area contributed by atoms with Crippen LogP contribution in [-0.4, -0.2) is 65.6 Å². The number of methoxy groups -OCH3 is 3. The van der Waals surface area contributed by atoms with Gasteiger partial charge in [-0.25, -0.2) is 8.42 Å². The summed E-state index contributed by atoms with van der Waals surface area (Å²) in [5, 5.41) is 2.87. The number of benzene rings is 3. The molecule has 3 aromatic rings. The first-order valence-corrected chi connectivity index (χ1v) is 15.0. The van der Waals surface area contributed by atoms with E-state index in [1.165, 1.54) is 37.3 Å². The Hall–Kier alpha value is -4.25.